The first-order chi connectivity index (χ1) is 41.1. The Bertz CT molecular complexity index is 4740. The summed E-state index contributed by atoms with van der Waals surface area (Å²) in [5.41, 5.74) is 25.5. The third kappa shape index (κ3) is 10.8. The fourth-order valence-corrected chi connectivity index (χ4v) is 12.2. The van der Waals surface area contributed by atoms with Gasteiger partial charge in [0.25, 0.3) is 0 Å². The van der Waals surface area contributed by atoms with E-state index in [4.69, 9.17) is 24.9 Å². The van der Waals surface area contributed by atoms with Crippen molar-refractivity contribution in [1.82, 2.24) is 33.7 Å². The van der Waals surface area contributed by atoms with Gasteiger partial charge in [0, 0.05) is 60.9 Å². The number of hydrogen-bond donors (Lipinski definition) is 0. The minimum Gasteiger partial charge on any atom is -0.358 e. The summed E-state index contributed by atoms with van der Waals surface area (Å²) in [7, 11) is 0. The van der Waals surface area contributed by atoms with Crippen molar-refractivity contribution in [1.29, 1.82) is 0 Å². The molecule has 5 heterocycles. The van der Waals surface area contributed by atoms with Gasteiger partial charge >= 0.3 is 0 Å². The van der Waals surface area contributed by atoms with Crippen LogP contribution in [0.25, 0.3) is 133 Å². The van der Waals surface area contributed by atoms with Gasteiger partial charge in [-0.3, -0.25) is 19.9 Å². The van der Waals surface area contributed by atoms with E-state index in [-0.39, 0.29) is 38.4 Å². The van der Waals surface area contributed by atoms with Gasteiger partial charge in [0.1, 0.15) is 11.6 Å². The van der Waals surface area contributed by atoms with Crippen molar-refractivity contribution in [2.75, 3.05) is 0 Å². The van der Waals surface area contributed by atoms with E-state index in [1.165, 1.54) is 22.3 Å². The Morgan fingerprint density at radius 2 is 0.828 bits per heavy atom. The van der Waals surface area contributed by atoms with E-state index < -0.39 is 0 Å². The van der Waals surface area contributed by atoms with Crippen LogP contribution in [0.2, 0.25) is 0 Å². The molecule has 9 aromatic carbocycles. The van der Waals surface area contributed by atoms with Crippen LogP contribution in [0, 0.1) is 46.4 Å². The fraction of sp³-hybridized carbons (Fsp3) is 0.139. The Morgan fingerprint density at radius 3 is 1.28 bits per heavy atom. The minimum atomic E-state index is -0.224. The quantitative estimate of drug-likeness (QED) is 0.135. The number of nitrogens with zero attached hydrogens (tertiary/aromatic N) is 7. The van der Waals surface area contributed by atoms with E-state index in [0.717, 1.165) is 140 Å². The summed E-state index contributed by atoms with van der Waals surface area (Å²) >= 11 is 0. The zero-order chi connectivity index (χ0) is 58.3. The largest absolute Gasteiger partial charge is 0.358 e. The van der Waals surface area contributed by atoms with E-state index in [2.05, 4.69) is 276 Å². The molecule has 0 atom stereocenters. The van der Waals surface area contributed by atoms with Gasteiger partial charge in [-0.15, -0.1) is 71.8 Å². The molecule has 0 fully saturated rings. The molecular weight excluding hydrogens is 1240 g/mol. The second-order valence-electron chi connectivity index (χ2n) is 24.6. The molecule has 0 saturated heterocycles. The number of pyridine rings is 1. The molecule has 14 rings (SSSR count). The number of benzene rings is 9. The molecule has 8 heteroatoms. The van der Waals surface area contributed by atoms with Crippen LogP contribution in [0.4, 0.5) is 0 Å². The molecule has 0 aliphatic heterocycles. The first-order valence-corrected chi connectivity index (χ1v) is 29.1. The maximum absolute atomic E-state index is 5.34. The minimum absolute atomic E-state index is 0. The molecule has 0 bridgehead atoms. The van der Waals surface area contributed by atoms with Crippen LogP contribution in [0.15, 0.2) is 213 Å². The van der Waals surface area contributed by atoms with Crippen molar-refractivity contribution in [3.8, 4) is 100 Å². The molecule has 429 valence electrons. The molecule has 0 unspecified atom stereocenters. The summed E-state index contributed by atoms with van der Waals surface area (Å²) in [6.45, 7) is 19.5. The van der Waals surface area contributed by atoms with Crippen LogP contribution in [0.5, 0.6) is 0 Å². The van der Waals surface area contributed by atoms with Crippen molar-refractivity contribution in [2.45, 2.75) is 73.1 Å². The smallest absolute Gasteiger partial charge is 0.101 e. The van der Waals surface area contributed by atoms with E-state index in [1.54, 1.807) is 0 Å². The Kier molecular flexibility index (Phi) is 15.2. The molecule has 1 radical (unpaired) electrons. The van der Waals surface area contributed by atoms with Crippen molar-refractivity contribution < 1.29 is 20.1 Å². The van der Waals surface area contributed by atoms with Gasteiger partial charge in [-0.2, -0.15) is 0 Å². The molecule has 5 aromatic heterocycles. The number of imidazole rings is 2. The Balaban J connectivity index is 0.00000369. The van der Waals surface area contributed by atoms with Crippen LogP contribution in [0.3, 0.4) is 0 Å². The normalized spacial score (nSPS) is 11.8. The number of hydrogen-bond acceptors (Lipinski definition) is 5. The van der Waals surface area contributed by atoms with Crippen LogP contribution >= 0.6 is 0 Å². The molecular formula is C79H65IrN7-4. The van der Waals surface area contributed by atoms with E-state index in [1.807, 2.05) is 26.1 Å². The maximum atomic E-state index is 5.34. The molecule has 0 saturated carbocycles. The second-order valence-corrected chi connectivity index (χ2v) is 24.6. The number of aryl methyl sites for hydroxylation is 3. The first kappa shape index (κ1) is 57.9. The molecule has 87 heavy (non-hydrogen) atoms. The fourth-order valence-electron chi connectivity index (χ4n) is 12.2. The average molecular weight is 1300 g/mol. The van der Waals surface area contributed by atoms with Crippen molar-refractivity contribution in [3.63, 3.8) is 0 Å². The predicted octanol–water partition coefficient (Wildman–Crippen LogP) is 19.8. The predicted molar refractivity (Wildman–Crippen MR) is 356 cm³/mol. The topological polar surface area (TPSA) is 73.3 Å². The van der Waals surface area contributed by atoms with Crippen molar-refractivity contribution in [3.05, 3.63) is 267 Å². The SMILES string of the molecule is Cc1cn2c(C(C)(C)C)nc3cc(-c4ccccc4-c4cc(-c5ccccc5-c5ccc(-c6[c-]ccc(-c7ccc(-c8ccccc8)cc7C)c6)nc5)cc(-c5ccccc5-c5c[c-]c6c(c5)nc(C(C)(C)C)n5cc(C)nc65)c4)c[c-]c3c2n1.[CH3-].[Ir]. The Hall–Kier alpha value is -9.46. The number of fused-ring (bicyclic) bond motifs is 6. The standard InChI is InChI=1S/C78H62N7.CH3.Ir/c1-48-38-52(51-20-11-10-12-21-51)30-34-61(48)53-22-19-23-56(39-53)70-37-33-57(45-79-70)64-26-15-18-29-67(64)60-41-58(65-27-16-13-24-62(65)54-31-35-68-71(43-54)82-75(77(4,5)6)84-46-49(2)80-73(68)84)40-59(42-60)66-28-17-14-25-63(66)55-32-36-69-72(44-55)83-76(78(7,8)9)85-47-50(3)81-74(69)85;;/h10-22,24-34,37-47H,1-9H3;1H3;/q-3;-1;. The van der Waals surface area contributed by atoms with Crippen molar-refractivity contribution >= 4 is 33.1 Å². The van der Waals surface area contributed by atoms with Gasteiger partial charge in [-0.1, -0.05) is 208 Å². The Morgan fingerprint density at radius 1 is 0.379 bits per heavy atom. The zero-order valence-corrected chi connectivity index (χ0v) is 53.1. The van der Waals surface area contributed by atoms with Crippen molar-refractivity contribution in [2.24, 2.45) is 0 Å². The summed E-state index contributed by atoms with van der Waals surface area (Å²) in [4.78, 5) is 25.8. The Labute approximate surface area is 524 Å². The molecule has 0 aliphatic carbocycles. The maximum Gasteiger partial charge on any atom is 0.101 e. The van der Waals surface area contributed by atoms with Gasteiger partial charge < -0.3 is 21.2 Å². The molecule has 7 nitrogen and oxygen atoms in total. The second kappa shape index (κ2) is 22.8. The van der Waals surface area contributed by atoms with E-state index in [0.29, 0.717) is 0 Å². The molecule has 0 amide bonds. The zero-order valence-electron chi connectivity index (χ0n) is 50.7. The summed E-state index contributed by atoms with van der Waals surface area (Å²) in [5.74, 6) is 1.91. The van der Waals surface area contributed by atoms with Gasteiger partial charge in [0.15, 0.2) is 0 Å². The van der Waals surface area contributed by atoms with Crippen LogP contribution in [-0.2, 0) is 30.9 Å². The van der Waals surface area contributed by atoms with Crippen LogP contribution < -0.4 is 0 Å². The molecule has 14 aromatic rings. The summed E-state index contributed by atoms with van der Waals surface area (Å²) in [6.07, 6.45) is 6.16. The monoisotopic (exact) mass is 1300 g/mol. The van der Waals surface area contributed by atoms with E-state index >= 15 is 0 Å². The number of aromatic nitrogens is 7. The van der Waals surface area contributed by atoms with Crippen LogP contribution in [0.1, 0.15) is 70.1 Å². The first-order valence-electron chi connectivity index (χ1n) is 29.1. The average Bonchev–Trinajstić information content (AvgIpc) is 2.07. The van der Waals surface area contributed by atoms with Crippen LogP contribution in [-0.4, -0.2) is 33.7 Å². The third-order valence-corrected chi connectivity index (χ3v) is 16.3. The van der Waals surface area contributed by atoms with Gasteiger partial charge in [-0.25, -0.2) is 0 Å². The molecule has 0 spiro atoms. The van der Waals surface area contributed by atoms with E-state index in [9.17, 15) is 0 Å². The molecule has 0 N–H and O–H groups in total. The summed E-state index contributed by atoms with van der Waals surface area (Å²) in [6, 6.07) is 80.5. The number of rotatable bonds is 9. The van der Waals surface area contributed by atoms with Gasteiger partial charge in [-0.05, 0) is 122 Å². The third-order valence-electron chi connectivity index (χ3n) is 16.3. The summed E-state index contributed by atoms with van der Waals surface area (Å²) < 4.78 is 4.27. The summed E-state index contributed by atoms with van der Waals surface area (Å²) in [5, 5.41) is 1.79. The van der Waals surface area contributed by atoms with Gasteiger partial charge in [0.2, 0.25) is 0 Å². The van der Waals surface area contributed by atoms with Gasteiger partial charge in [0.05, 0.1) is 11.3 Å². The molecule has 0 aliphatic rings.